The quantitative estimate of drug-likeness (QED) is 0.156. The summed E-state index contributed by atoms with van der Waals surface area (Å²) >= 11 is 0. The Bertz CT molecular complexity index is 1650. The predicted octanol–water partition coefficient (Wildman–Crippen LogP) is 5.14. The van der Waals surface area contributed by atoms with Gasteiger partial charge in [0.15, 0.2) is 5.82 Å². The minimum absolute atomic E-state index is 0.0331. The van der Waals surface area contributed by atoms with Crippen molar-refractivity contribution in [2.45, 2.75) is 39.5 Å². The summed E-state index contributed by atoms with van der Waals surface area (Å²) in [4.78, 5) is 35.8. The summed E-state index contributed by atoms with van der Waals surface area (Å²) in [5.41, 5.74) is 4.22. The van der Waals surface area contributed by atoms with Crippen LogP contribution >= 0.6 is 0 Å². The Kier molecular flexibility index (Phi) is 8.49. The summed E-state index contributed by atoms with van der Waals surface area (Å²) in [6.07, 6.45) is 1.62. The van der Waals surface area contributed by atoms with Gasteiger partial charge in [-0.15, -0.1) is 0 Å². The lowest BCUT2D eigenvalue weighted by Gasteiger charge is -2.30. The number of esters is 1. The molecule has 2 aromatic heterocycles. The minimum Gasteiger partial charge on any atom is -0.456 e. The van der Waals surface area contributed by atoms with Crippen molar-refractivity contribution in [3.8, 4) is 0 Å². The summed E-state index contributed by atoms with van der Waals surface area (Å²) in [5.74, 6) is -0.679. The van der Waals surface area contributed by atoms with E-state index in [0.717, 1.165) is 5.56 Å². The number of carbonyl (C=O) groups is 1. The Morgan fingerprint density at radius 3 is 2.57 bits per heavy atom. The van der Waals surface area contributed by atoms with E-state index in [1.54, 1.807) is 37.4 Å². The number of aromatic nitrogens is 3. The van der Waals surface area contributed by atoms with E-state index in [0.29, 0.717) is 47.1 Å². The maximum atomic E-state index is 13.6. The van der Waals surface area contributed by atoms with E-state index >= 15 is 0 Å². The van der Waals surface area contributed by atoms with Crippen LogP contribution in [-0.4, -0.2) is 38.0 Å². The van der Waals surface area contributed by atoms with Gasteiger partial charge in [0, 0.05) is 41.8 Å². The maximum Gasteiger partial charge on any atom is 0.337 e. The second-order valence-corrected chi connectivity index (χ2v) is 10.1. The predicted molar refractivity (Wildman–Crippen MR) is 154 cm³/mol. The molecule has 5 rings (SSSR count). The minimum atomic E-state index is -0.766. The number of nitro benzene ring substituents is 1. The van der Waals surface area contributed by atoms with Gasteiger partial charge in [-0.3, -0.25) is 20.0 Å². The molecule has 1 aliphatic rings. The number of benzene rings is 2. The molecular formula is C31H30N6O5. The molecule has 0 saturated heterocycles. The number of nitrogens with zero attached hydrogens (tertiary/aromatic N) is 5. The van der Waals surface area contributed by atoms with E-state index < -0.39 is 16.8 Å². The number of hydrogen-bond donors (Lipinski definition) is 1. The lowest BCUT2D eigenvalue weighted by Crippen LogP contribution is -2.28. The summed E-state index contributed by atoms with van der Waals surface area (Å²) in [7, 11) is 1.96. The van der Waals surface area contributed by atoms with Crippen molar-refractivity contribution in [2.24, 2.45) is 0 Å². The SMILES string of the molecule is CC1=C(C(=O)OCc2ccccn2)C(c2cccc([N+](=O)[O-])c2)C(c2nc(CN(C)Cc3ccccc3)no2)=C(C)N1. The number of carbonyl (C=O) groups excluding carboxylic acids is 1. The topological polar surface area (TPSA) is 137 Å². The van der Waals surface area contributed by atoms with Crippen LogP contribution in [0.2, 0.25) is 0 Å². The Labute approximate surface area is 242 Å². The first-order valence-corrected chi connectivity index (χ1v) is 13.4. The van der Waals surface area contributed by atoms with Crippen LogP contribution < -0.4 is 5.32 Å². The van der Waals surface area contributed by atoms with Gasteiger partial charge in [-0.1, -0.05) is 53.7 Å². The van der Waals surface area contributed by atoms with Crippen LogP contribution in [0.3, 0.4) is 0 Å². The number of hydrogen-bond acceptors (Lipinski definition) is 10. The van der Waals surface area contributed by atoms with Gasteiger partial charge in [-0.25, -0.2) is 4.79 Å². The number of pyridine rings is 1. The molecular weight excluding hydrogens is 536 g/mol. The third kappa shape index (κ3) is 6.42. The second-order valence-electron chi connectivity index (χ2n) is 10.1. The number of allylic oxidation sites excluding steroid dienone is 3. The van der Waals surface area contributed by atoms with Crippen LogP contribution in [0.5, 0.6) is 0 Å². The Morgan fingerprint density at radius 2 is 1.83 bits per heavy atom. The van der Waals surface area contributed by atoms with Crippen LogP contribution in [0.15, 0.2) is 100 Å². The van der Waals surface area contributed by atoms with Crippen LogP contribution in [0.1, 0.15) is 48.3 Å². The van der Waals surface area contributed by atoms with Gasteiger partial charge in [-0.2, -0.15) is 4.98 Å². The molecule has 214 valence electrons. The fourth-order valence-electron chi connectivity index (χ4n) is 5.02. The average molecular weight is 567 g/mol. The van der Waals surface area contributed by atoms with Gasteiger partial charge in [0.25, 0.3) is 11.6 Å². The molecule has 11 heteroatoms. The molecule has 2 aromatic carbocycles. The Balaban J connectivity index is 1.48. The lowest BCUT2D eigenvalue weighted by atomic mass is 9.80. The average Bonchev–Trinajstić information content (AvgIpc) is 3.44. The summed E-state index contributed by atoms with van der Waals surface area (Å²) in [6.45, 7) is 4.69. The molecule has 1 N–H and O–H groups in total. The molecule has 42 heavy (non-hydrogen) atoms. The lowest BCUT2D eigenvalue weighted by molar-refractivity contribution is -0.384. The standard InChI is InChI=1S/C31H30N6O5/c1-20-27(30-34-26(35-42-30)18-36(3)17-22-10-5-4-6-11-22)29(23-12-9-14-25(16-23)37(39)40)28(21(2)33-20)31(38)41-19-24-13-7-8-15-32-24/h4-16,29,33H,17-19H2,1-3H3. The third-order valence-corrected chi connectivity index (χ3v) is 6.88. The summed E-state index contributed by atoms with van der Waals surface area (Å²) in [5, 5.41) is 19.1. The van der Waals surface area contributed by atoms with Crippen molar-refractivity contribution in [1.82, 2.24) is 25.3 Å². The molecule has 3 heterocycles. The van der Waals surface area contributed by atoms with Gasteiger partial charge in [0.2, 0.25) is 0 Å². The largest absolute Gasteiger partial charge is 0.456 e. The zero-order valence-electron chi connectivity index (χ0n) is 23.5. The van der Waals surface area contributed by atoms with Gasteiger partial charge in [0.05, 0.1) is 28.7 Å². The zero-order chi connectivity index (χ0) is 29.6. The number of ether oxygens (including phenoxy) is 1. The number of dihydropyridines is 1. The third-order valence-electron chi connectivity index (χ3n) is 6.88. The van der Waals surface area contributed by atoms with Crippen molar-refractivity contribution in [3.05, 3.63) is 135 Å². The molecule has 0 radical (unpaired) electrons. The number of nitro groups is 1. The molecule has 0 amide bonds. The van der Waals surface area contributed by atoms with E-state index in [9.17, 15) is 14.9 Å². The van der Waals surface area contributed by atoms with Crippen LogP contribution in [0, 0.1) is 10.1 Å². The van der Waals surface area contributed by atoms with Crippen molar-refractivity contribution in [1.29, 1.82) is 0 Å². The molecule has 0 fully saturated rings. The fourth-order valence-corrected chi connectivity index (χ4v) is 5.02. The maximum absolute atomic E-state index is 13.6. The monoisotopic (exact) mass is 566 g/mol. The first-order chi connectivity index (χ1) is 20.3. The number of nitrogens with one attached hydrogen (secondary N) is 1. The molecule has 11 nitrogen and oxygen atoms in total. The highest BCUT2D eigenvalue weighted by molar-refractivity contribution is 5.97. The molecule has 0 aliphatic carbocycles. The van der Waals surface area contributed by atoms with E-state index in [1.807, 2.05) is 50.4 Å². The number of non-ortho nitro benzene ring substituents is 1. The number of rotatable bonds is 10. The second kappa shape index (κ2) is 12.6. The van der Waals surface area contributed by atoms with Gasteiger partial charge in [-0.05, 0) is 44.2 Å². The molecule has 0 bridgehead atoms. The van der Waals surface area contributed by atoms with Crippen molar-refractivity contribution in [2.75, 3.05) is 7.05 Å². The van der Waals surface area contributed by atoms with E-state index in [-0.39, 0.29) is 23.8 Å². The highest BCUT2D eigenvalue weighted by Crippen LogP contribution is 2.44. The fraction of sp³-hybridized carbons (Fsp3) is 0.226. The first kappa shape index (κ1) is 28.4. The van der Waals surface area contributed by atoms with E-state index in [4.69, 9.17) is 9.26 Å². The molecule has 1 unspecified atom stereocenters. The smallest absolute Gasteiger partial charge is 0.337 e. The Morgan fingerprint density at radius 1 is 1.05 bits per heavy atom. The van der Waals surface area contributed by atoms with Crippen molar-refractivity contribution in [3.63, 3.8) is 0 Å². The molecule has 0 spiro atoms. The van der Waals surface area contributed by atoms with Crippen LogP contribution in [-0.2, 0) is 29.2 Å². The van der Waals surface area contributed by atoms with Gasteiger partial charge in [0.1, 0.15) is 6.61 Å². The first-order valence-electron chi connectivity index (χ1n) is 13.4. The molecule has 0 saturated carbocycles. The van der Waals surface area contributed by atoms with E-state index in [1.165, 1.54) is 12.1 Å². The highest BCUT2D eigenvalue weighted by Gasteiger charge is 2.38. The van der Waals surface area contributed by atoms with Crippen molar-refractivity contribution >= 4 is 17.2 Å². The van der Waals surface area contributed by atoms with Crippen molar-refractivity contribution < 1.29 is 19.0 Å². The normalized spacial score (nSPS) is 15.1. The highest BCUT2D eigenvalue weighted by atomic mass is 16.6. The summed E-state index contributed by atoms with van der Waals surface area (Å²) in [6, 6.07) is 21.6. The Hall–Kier alpha value is -5.16. The van der Waals surface area contributed by atoms with Crippen LogP contribution in [0.4, 0.5) is 5.69 Å². The molecule has 1 aliphatic heterocycles. The summed E-state index contributed by atoms with van der Waals surface area (Å²) < 4.78 is 11.4. The zero-order valence-corrected chi connectivity index (χ0v) is 23.5. The van der Waals surface area contributed by atoms with Gasteiger partial charge >= 0.3 is 5.97 Å². The molecule has 4 aromatic rings. The van der Waals surface area contributed by atoms with Gasteiger partial charge < -0.3 is 14.6 Å². The molecule has 1 atom stereocenters. The van der Waals surface area contributed by atoms with E-state index in [2.05, 4.69) is 25.3 Å². The van der Waals surface area contributed by atoms with Crippen LogP contribution in [0.25, 0.3) is 5.57 Å².